The molecule has 0 atom stereocenters. The Morgan fingerprint density at radius 2 is 2.00 bits per heavy atom. The van der Waals surface area contributed by atoms with Crippen molar-refractivity contribution in [2.45, 2.75) is 26.3 Å². The lowest BCUT2D eigenvalue weighted by molar-refractivity contribution is -0.139. The summed E-state index contributed by atoms with van der Waals surface area (Å²) in [5, 5.41) is 17.5. The van der Waals surface area contributed by atoms with Crippen LogP contribution in [0.15, 0.2) is 0 Å². The molecular weight excluding hydrogens is 224 g/mol. The number of aliphatic hydroxyl groups is 1. The molecule has 0 unspecified atom stereocenters. The third-order valence-corrected chi connectivity index (χ3v) is 2.90. The smallest absolute Gasteiger partial charge is 0.320 e. The number of aliphatic hydroxyl groups excluding tert-OH is 1. The largest absolute Gasteiger partial charge is 0.481 e. The van der Waals surface area contributed by atoms with Gasteiger partial charge in [-0.3, -0.25) is 4.79 Å². The molecule has 98 valence electrons. The molecule has 0 aromatic rings. The second-order valence-electron chi connectivity index (χ2n) is 4.66. The van der Waals surface area contributed by atoms with E-state index in [-0.39, 0.29) is 31.0 Å². The summed E-state index contributed by atoms with van der Waals surface area (Å²) in [7, 11) is 0. The van der Waals surface area contributed by atoms with Gasteiger partial charge in [-0.2, -0.15) is 0 Å². The number of carbonyl (C=O) groups is 2. The van der Waals surface area contributed by atoms with Gasteiger partial charge in [0.2, 0.25) is 0 Å². The van der Waals surface area contributed by atoms with E-state index in [0.717, 1.165) is 0 Å². The minimum atomic E-state index is -0.821. The van der Waals surface area contributed by atoms with Gasteiger partial charge < -0.3 is 20.0 Å². The SMILES string of the molecule is CC(C)N(CCO)C(=O)N1CC(CC(=O)O)C1. The van der Waals surface area contributed by atoms with Crippen molar-refractivity contribution in [2.24, 2.45) is 5.92 Å². The predicted molar refractivity (Wildman–Crippen MR) is 61.6 cm³/mol. The first kappa shape index (κ1) is 13.8. The van der Waals surface area contributed by atoms with Gasteiger partial charge in [0, 0.05) is 31.6 Å². The summed E-state index contributed by atoms with van der Waals surface area (Å²) in [5.74, 6) is -0.752. The Morgan fingerprint density at radius 1 is 1.41 bits per heavy atom. The minimum Gasteiger partial charge on any atom is -0.481 e. The molecule has 0 aromatic carbocycles. The van der Waals surface area contributed by atoms with Crippen LogP contribution in [0, 0.1) is 5.92 Å². The molecule has 0 saturated carbocycles. The maximum atomic E-state index is 12.0. The van der Waals surface area contributed by atoms with E-state index in [9.17, 15) is 9.59 Å². The van der Waals surface area contributed by atoms with E-state index in [1.165, 1.54) is 0 Å². The first-order chi connectivity index (χ1) is 7.95. The van der Waals surface area contributed by atoms with Gasteiger partial charge in [0.15, 0.2) is 0 Å². The van der Waals surface area contributed by atoms with Crippen molar-refractivity contribution in [2.75, 3.05) is 26.2 Å². The Labute approximate surface area is 101 Å². The van der Waals surface area contributed by atoms with E-state index < -0.39 is 5.97 Å². The number of urea groups is 1. The molecule has 6 nitrogen and oxygen atoms in total. The molecule has 2 amide bonds. The number of amides is 2. The molecule has 0 aromatic heterocycles. The normalized spacial score (nSPS) is 15.9. The Morgan fingerprint density at radius 3 is 2.41 bits per heavy atom. The number of rotatable bonds is 5. The van der Waals surface area contributed by atoms with Crippen molar-refractivity contribution >= 4 is 12.0 Å². The molecule has 1 rings (SSSR count). The lowest BCUT2D eigenvalue weighted by Crippen LogP contribution is -2.57. The Balaban J connectivity index is 2.41. The molecule has 0 aliphatic carbocycles. The van der Waals surface area contributed by atoms with Crippen LogP contribution >= 0.6 is 0 Å². The third-order valence-electron chi connectivity index (χ3n) is 2.90. The van der Waals surface area contributed by atoms with Gasteiger partial charge in [-0.15, -0.1) is 0 Å². The predicted octanol–water partition coefficient (Wildman–Crippen LogP) is 0.216. The molecule has 1 aliphatic rings. The van der Waals surface area contributed by atoms with Gasteiger partial charge in [0.05, 0.1) is 13.0 Å². The monoisotopic (exact) mass is 244 g/mol. The van der Waals surface area contributed by atoms with Crippen molar-refractivity contribution in [1.82, 2.24) is 9.80 Å². The highest BCUT2D eigenvalue weighted by Crippen LogP contribution is 2.21. The van der Waals surface area contributed by atoms with Crippen molar-refractivity contribution in [3.63, 3.8) is 0 Å². The van der Waals surface area contributed by atoms with Crippen molar-refractivity contribution in [1.29, 1.82) is 0 Å². The first-order valence-electron chi connectivity index (χ1n) is 5.84. The van der Waals surface area contributed by atoms with Crippen LogP contribution in [0.2, 0.25) is 0 Å². The summed E-state index contributed by atoms with van der Waals surface area (Å²) in [5.41, 5.74) is 0. The first-order valence-corrected chi connectivity index (χ1v) is 5.84. The van der Waals surface area contributed by atoms with Gasteiger partial charge >= 0.3 is 12.0 Å². The van der Waals surface area contributed by atoms with Crippen molar-refractivity contribution < 1.29 is 19.8 Å². The van der Waals surface area contributed by atoms with E-state index in [0.29, 0.717) is 19.6 Å². The van der Waals surface area contributed by atoms with Crippen LogP contribution in [0.5, 0.6) is 0 Å². The number of carboxylic acids is 1. The Hall–Kier alpha value is -1.30. The highest BCUT2D eigenvalue weighted by Gasteiger charge is 2.34. The number of nitrogens with zero attached hydrogens (tertiary/aromatic N) is 2. The average molecular weight is 244 g/mol. The van der Waals surface area contributed by atoms with E-state index >= 15 is 0 Å². The number of hydrogen-bond donors (Lipinski definition) is 2. The van der Waals surface area contributed by atoms with Crippen LogP contribution in [-0.2, 0) is 4.79 Å². The summed E-state index contributed by atoms with van der Waals surface area (Å²) in [6.07, 6.45) is 0.117. The van der Waals surface area contributed by atoms with Crippen LogP contribution in [0.25, 0.3) is 0 Å². The summed E-state index contributed by atoms with van der Waals surface area (Å²) in [4.78, 5) is 25.7. The molecule has 1 fully saturated rings. The standard InChI is InChI=1S/C11H20N2O4/c1-8(2)13(3-4-14)11(17)12-6-9(7-12)5-10(15)16/h8-9,14H,3-7H2,1-2H3,(H,15,16). The highest BCUT2D eigenvalue weighted by atomic mass is 16.4. The minimum absolute atomic E-state index is 0.0353. The van der Waals surface area contributed by atoms with Gasteiger partial charge in [-0.25, -0.2) is 4.79 Å². The number of aliphatic carboxylic acids is 1. The third kappa shape index (κ3) is 3.59. The Kier molecular flexibility index (Phi) is 4.74. The number of likely N-dealkylation sites (tertiary alicyclic amines) is 1. The lowest BCUT2D eigenvalue weighted by Gasteiger charge is -2.42. The highest BCUT2D eigenvalue weighted by molar-refractivity contribution is 5.76. The number of carboxylic acid groups (broad SMARTS) is 1. The lowest BCUT2D eigenvalue weighted by atomic mass is 9.97. The van der Waals surface area contributed by atoms with Crippen LogP contribution in [0.4, 0.5) is 4.79 Å². The van der Waals surface area contributed by atoms with E-state index in [2.05, 4.69) is 0 Å². The molecule has 1 saturated heterocycles. The van der Waals surface area contributed by atoms with Crippen LogP contribution in [-0.4, -0.2) is 64.3 Å². The van der Waals surface area contributed by atoms with Crippen molar-refractivity contribution in [3.05, 3.63) is 0 Å². The molecular formula is C11H20N2O4. The van der Waals surface area contributed by atoms with E-state index in [1.54, 1.807) is 9.80 Å². The summed E-state index contributed by atoms with van der Waals surface area (Å²) >= 11 is 0. The van der Waals surface area contributed by atoms with Gasteiger partial charge in [0.1, 0.15) is 0 Å². The number of carbonyl (C=O) groups excluding carboxylic acids is 1. The van der Waals surface area contributed by atoms with Crippen molar-refractivity contribution in [3.8, 4) is 0 Å². The molecule has 6 heteroatoms. The topological polar surface area (TPSA) is 81.1 Å². The fraction of sp³-hybridized carbons (Fsp3) is 0.818. The maximum Gasteiger partial charge on any atom is 0.320 e. The summed E-state index contributed by atoms with van der Waals surface area (Å²) in [6, 6.07) is -0.0798. The molecule has 1 heterocycles. The summed E-state index contributed by atoms with van der Waals surface area (Å²) < 4.78 is 0. The van der Waals surface area contributed by atoms with Gasteiger partial charge in [-0.05, 0) is 13.8 Å². The van der Waals surface area contributed by atoms with E-state index in [1.807, 2.05) is 13.8 Å². The summed E-state index contributed by atoms with van der Waals surface area (Å²) in [6.45, 7) is 5.04. The second kappa shape index (κ2) is 5.86. The number of hydrogen-bond acceptors (Lipinski definition) is 3. The molecule has 0 radical (unpaired) electrons. The zero-order chi connectivity index (χ0) is 13.0. The zero-order valence-corrected chi connectivity index (χ0v) is 10.3. The fourth-order valence-electron chi connectivity index (χ4n) is 1.97. The second-order valence-corrected chi connectivity index (χ2v) is 4.66. The molecule has 0 spiro atoms. The Bertz CT molecular complexity index is 287. The van der Waals surface area contributed by atoms with Crippen LogP contribution < -0.4 is 0 Å². The average Bonchev–Trinajstić information content (AvgIpc) is 2.17. The molecule has 2 N–H and O–H groups in total. The van der Waals surface area contributed by atoms with Crippen LogP contribution in [0.3, 0.4) is 0 Å². The zero-order valence-electron chi connectivity index (χ0n) is 10.3. The van der Waals surface area contributed by atoms with Gasteiger partial charge in [0.25, 0.3) is 0 Å². The molecule has 17 heavy (non-hydrogen) atoms. The molecule has 1 aliphatic heterocycles. The van der Waals surface area contributed by atoms with Crippen LogP contribution in [0.1, 0.15) is 20.3 Å². The maximum absolute atomic E-state index is 12.0. The quantitative estimate of drug-likeness (QED) is 0.724. The fourth-order valence-corrected chi connectivity index (χ4v) is 1.97. The van der Waals surface area contributed by atoms with Gasteiger partial charge in [-0.1, -0.05) is 0 Å². The van der Waals surface area contributed by atoms with E-state index in [4.69, 9.17) is 10.2 Å². The molecule has 0 bridgehead atoms.